The van der Waals surface area contributed by atoms with Crippen molar-refractivity contribution in [2.45, 2.75) is 62.4 Å². The van der Waals surface area contributed by atoms with Crippen LogP contribution in [-0.4, -0.2) is 81.6 Å². The van der Waals surface area contributed by atoms with Gasteiger partial charge in [-0.3, -0.25) is 14.4 Å². The second-order valence-electron chi connectivity index (χ2n) is 10.2. The Labute approximate surface area is 223 Å². The predicted molar refractivity (Wildman–Crippen MR) is 134 cm³/mol. The number of hydrogen-bond donors (Lipinski definition) is 6. The summed E-state index contributed by atoms with van der Waals surface area (Å²) in [6, 6.07) is 3.41. The number of aliphatic hydroxyl groups is 2. The Morgan fingerprint density at radius 1 is 1.13 bits per heavy atom. The zero-order chi connectivity index (χ0) is 28.4. The third-order valence-corrected chi connectivity index (χ3v) is 7.92. The summed E-state index contributed by atoms with van der Waals surface area (Å²) < 4.78 is 17.2. The SMILES string of the molecule is COc1cccc2c1C(=O)c1c(O)c3c(c(O)c1C2=O)C[C@@](O)(C(=O)CO)CC3O[C@H]1C[C@H](N)[C@@H](N)C(C)O1. The summed E-state index contributed by atoms with van der Waals surface area (Å²) in [5.41, 5.74) is 8.68. The third kappa shape index (κ3) is 4.11. The molecule has 12 nitrogen and oxygen atoms in total. The topological polar surface area (TPSA) is 212 Å². The maximum absolute atomic E-state index is 13.7. The molecule has 2 aliphatic carbocycles. The fraction of sp³-hybridized carbons (Fsp3) is 0.444. The van der Waals surface area contributed by atoms with Gasteiger partial charge in [-0.25, -0.2) is 0 Å². The number of phenolic OH excluding ortho intramolecular Hbond substituents is 2. The van der Waals surface area contributed by atoms with Gasteiger partial charge in [-0.1, -0.05) is 12.1 Å². The highest BCUT2D eigenvalue weighted by molar-refractivity contribution is 6.31. The first-order valence-corrected chi connectivity index (χ1v) is 12.5. The molecule has 0 radical (unpaired) electrons. The van der Waals surface area contributed by atoms with Gasteiger partial charge < -0.3 is 46.1 Å². The molecule has 2 unspecified atom stereocenters. The Balaban J connectivity index is 1.69. The number of ether oxygens (including phenoxy) is 3. The summed E-state index contributed by atoms with van der Waals surface area (Å²) in [4.78, 5) is 39.8. The summed E-state index contributed by atoms with van der Waals surface area (Å²) in [7, 11) is 1.33. The van der Waals surface area contributed by atoms with Crippen molar-refractivity contribution in [2.75, 3.05) is 13.7 Å². The molecule has 1 heterocycles. The molecule has 1 aliphatic heterocycles. The van der Waals surface area contributed by atoms with E-state index in [0.29, 0.717) is 0 Å². The first-order chi connectivity index (χ1) is 18.4. The van der Waals surface area contributed by atoms with E-state index in [1.165, 1.54) is 25.3 Å². The molecule has 39 heavy (non-hydrogen) atoms. The number of benzene rings is 2. The molecular formula is C27H30N2O10. The van der Waals surface area contributed by atoms with Gasteiger partial charge in [-0.2, -0.15) is 0 Å². The molecule has 2 aromatic carbocycles. The predicted octanol–water partition coefficient (Wildman–Crippen LogP) is -0.0323. The Morgan fingerprint density at radius 3 is 2.46 bits per heavy atom. The lowest BCUT2D eigenvalue weighted by atomic mass is 9.72. The minimum Gasteiger partial charge on any atom is -0.507 e. The highest BCUT2D eigenvalue weighted by Gasteiger charge is 2.50. The quantitative estimate of drug-likeness (QED) is 0.235. The number of fused-ring (bicyclic) bond motifs is 3. The van der Waals surface area contributed by atoms with Crippen LogP contribution >= 0.6 is 0 Å². The van der Waals surface area contributed by atoms with Gasteiger partial charge in [0.25, 0.3) is 0 Å². The Bertz CT molecular complexity index is 1380. The maximum atomic E-state index is 13.7. The zero-order valence-corrected chi connectivity index (χ0v) is 21.3. The lowest BCUT2D eigenvalue weighted by molar-refractivity contribution is -0.229. The van der Waals surface area contributed by atoms with E-state index in [2.05, 4.69) is 0 Å². The van der Waals surface area contributed by atoms with Crippen LogP contribution in [0.25, 0.3) is 0 Å². The lowest BCUT2D eigenvalue weighted by Gasteiger charge is -2.42. The number of nitrogens with two attached hydrogens (primary N) is 2. The van der Waals surface area contributed by atoms with Crippen molar-refractivity contribution in [1.82, 2.24) is 0 Å². The Hall–Kier alpha value is -3.39. The van der Waals surface area contributed by atoms with Crippen molar-refractivity contribution < 1.29 is 49.0 Å². The maximum Gasteiger partial charge on any atom is 0.202 e. The molecule has 0 aromatic heterocycles. The number of carbonyl (C=O) groups excluding carboxylic acids is 3. The molecule has 8 N–H and O–H groups in total. The van der Waals surface area contributed by atoms with Gasteiger partial charge in [-0.15, -0.1) is 0 Å². The highest BCUT2D eigenvalue weighted by atomic mass is 16.7. The van der Waals surface area contributed by atoms with E-state index in [0.717, 1.165) is 0 Å². The highest BCUT2D eigenvalue weighted by Crippen LogP contribution is 2.52. The average Bonchev–Trinajstić information content (AvgIpc) is 2.90. The van der Waals surface area contributed by atoms with Crippen LogP contribution in [0.2, 0.25) is 0 Å². The molecular weight excluding hydrogens is 512 g/mol. The molecule has 3 aliphatic rings. The Morgan fingerprint density at radius 2 is 1.82 bits per heavy atom. The number of rotatable bonds is 5. The van der Waals surface area contributed by atoms with Gasteiger partial charge in [-0.05, 0) is 13.0 Å². The number of ketones is 3. The summed E-state index contributed by atoms with van der Waals surface area (Å²) in [6.45, 7) is 0.701. The van der Waals surface area contributed by atoms with E-state index in [-0.39, 0.29) is 34.4 Å². The summed E-state index contributed by atoms with van der Waals surface area (Å²) in [6.07, 6.45) is -3.63. The molecule has 12 heteroatoms. The summed E-state index contributed by atoms with van der Waals surface area (Å²) in [5, 5.41) is 43.6. The van der Waals surface area contributed by atoms with E-state index in [9.17, 15) is 34.8 Å². The number of aromatic hydroxyl groups is 2. The molecule has 0 amide bonds. The summed E-state index contributed by atoms with van der Waals surface area (Å²) in [5.74, 6) is -3.67. The molecule has 0 spiro atoms. The fourth-order valence-corrected chi connectivity index (χ4v) is 5.78. The summed E-state index contributed by atoms with van der Waals surface area (Å²) >= 11 is 0. The normalized spacial score (nSPS) is 29.8. The van der Waals surface area contributed by atoms with E-state index >= 15 is 0 Å². The van der Waals surface area contributed by atoms with Gasteiger partial charge in [0.2, 0.25) is 5.78 Å². The lowest BCUT2D eigenvalue weighted by Crippen LogP contribution is -2.56. The molecule has 1 saturated heterocycles. The third-order valence-electron chi connectivity index (χ3n) is 7.92. The van der Waals surface area contributed by atoms with Crippen molar-refractivity contribution in [3.63, 3.8) is 0 Å². The fourth-order valence-electron chi connectivity index (χ4n) is 5.78. The van der Waals surface area contributed by atoms with Crippen LogP contribution in [0.3, 0.4) is 0 Å². The van der Waals surface area contributed by atoms with Crippen LogP contribution in [0.1, 0.15) is 68.8 Å². The molecule has 5 rings (SSSR count). The monoisotopic (exact) mass is 542 g/mol. The van der Waals surface area contributed by atoms with Gasteiger partial charge in [0.1, 0.15) is 29.5 Å². The van der Waals surface area contributed by atoms with Crippen molar-refractivity contribution in [1.29, 1.82) is 0 Å². The van der Waals surface area contributed by atoms with Gasteiger partial charge in [0.15, 0.2) is 17.9 Å². The number of phenols is 2. The minimum atomic E-state index is -2.22. The second kappa shape index (κ2) is 9.66. The first-order valence-electron chi connectivity index (χ1n) is 12.5. The number of Topliss-reactive ketones (excluding diaryl/α,β-unsaturated/α-hetero) is 1. The largest absolute Gasteiger partial charge is 0.507 e. The van der Waals surface area contributed by atoms with Gasteiger partial charge in [0.05, 0.1) is 36.0 Å². The molecule has 0 saturated carbocycles. The van der Waals surface area contributed by atoms with Gasteiger partial charge in [0, 0.05) is 48.0 Å². The van der Waals surface area contributed by atoms with E-state index in [4.69, 9.17) is 25.7 Å². The van der Waals surface area contributed by atoms with Crippen LogP contribution in [0.4, 0.5) is 0 Å². The molecule has 6 atom stereocenters. The van der Waals surface area contributed by atoms with Gasteiger partial charge >= 0.3 is 0 Å². The van der Waals surface area contributed by atoms with Crippen LogP contribution in [0, 0.1) is 0 Å². The molecule has 208 valence electrons. The molecule has 0 bridgehead atoms. The van der Waals surface area contributed by atoms with Crippen molar-refractivity contribution in [3.8, 4) is 17.2 Å². The second-order valence-corrected chi connectivity index (χ2v) is 10.2. The number of methoxy groups -OCH3 is 1. The van der Waals surface area contributed by atoms with Crippen molar-refractivity contribution in [3.05, 3.63) is 51.6 Å². The van der Waals surface area contributed by atoms with Crippen molar-refractivity contribution >= 4 is 17.3 Å². The van der Waals surface area contributed by atoms with Crippen LogP contribution in [0.15, 0.2) is 18.2 Å². The number of carbonyl (C=O) groups is 3. The smallest absolute Gasteiger partial charge is 0.202 e. The van der Waals surface area contributed by atoms with Crippen LogP contribution in [0.5, 0.6) is 17.2 Å². The first kappa shape index (κ1) is 27.2. The number of hydrogen-bond acceptors (Lipinski definition) is 12. The Kier molecular flexibility index (Phi) is 6.74. The molecule has 1 fully saturated rings. The molecule has 2 aromatic rings. The minimum absolute atomic E-state index is 0.0401. The van der Waals surface area contributed by atoms with Crippen LogP contribution in [-0.2, 0) is 20.7 Å². The number of aliphatic hydroxyl groups excluding tert-OH is 1. The van der Waals surface area contributed by atoms with E-state index < -0.39 is 95.6 Å². The average molecular weight is 543 g/mol. The van der Waals surface area contributed by atoms with E-state index in [1.807, 2.05) is 0 Å². The standard InChI is InChI=1S/C27H30N2O10/c1-10-22(29)13(28)6-17(38-10)39-15-8-27(36,16(31)9-30)7-12-19(15)26(35)21-20(24(12)33)23(32)11-4-3-5-14(37-2)18(11)25(21)34/h3-5,10,13,15,17,22,30,33,35-36H,6-9,28-29H2,1-2H3/t10?,13-,15?,17-,22-,27-/m0/s1. The van der Waals surface area contributed by atoms with E-state index in [1.54, 1.807) is 6.92 Å². The van der Waals surface area contributed by atoms with Crippen LogP contribution < -0.4 is 16.2 Å². The van der Waals surface area contributed by atoms with Crippen molar-refractivity contribution in [2.24, 2.45) is 11.5 Å². The zero-order valence-electron chi connectivity index (χ0n) is 21.3.